The Labute approximate surface area is 110 Å². The fourth-order valence-corrected chi connectivity index (χ4v) is 1.72. The molecule has 0 fully saturated rings. The molecule has 0 aliphatic carbocycles. The molecule has 1 unspecified atom stereocenters. The number of amides is 1. The third kappa shape index (κ3) is 3.75. The van der Waals surface area contributed by atoms with Gasteiger partial charge in [0.1, 0.15) is 17.4 Å². The number of nitriles is 1. The molecule has 19 heavy (non-hydrogen) atoms. The van der Waals surface area contributed by atoms with Gasteiger partial charge in [-0.2, -0.15) is 5.26 Å². The minimum Gasteiger partial charge on any atom is -0.468 e. The molecular weight excluding hydrogens is 244 g/mol. The smallest absolute Gasteiger partial charge is 0.220 e. The van der Waals surface area contributed by atoms with E-state index in [4.69, 9.17) is 14.1 Å². The first-order valence-electron chi connectivity index (χ1n) is 6.01. The first-order chi connectivity index (χ1) is 9.29. The summed E-state index contributed by atoms with van der Waals surface area (Å²) in [5.41, 5.74) is 0. The van der Waals surface area contributed by atoms with E-state index in [9.17, 15) is 4.79 Å². The molecule has 0 saturated carbocycles. The van der Waals surface area contributed by atoms with Gasteiger partial charge in [0.05, 0.1) is 25.1 Å². The summed E-state index contributed by atoms with van der Waals surface area (Å²) in [5, 5.41) is 11.8. The van der Waals surface area contributed by atoms with Gasteiger partial charge >= 0.3 is 0 Å². The van der Waals surface area contributed by atoms with E-state index in [0.717, 1.165) is 0 Å². The molecule has 2 aromatic heterocycles. The first-order valence-corrected chi connectivity index (χ1v) is 6.01. The molecule has 0 aliphatic rings. The third-order valence-corrected chi connectivity index (χ3v) is 2.74. The Kier molecular flexibility index (Phi) is 4.40. The first kappa shape index (κ1) is 13.0. The number of nitrogens with zero attached hydrogens (tertiary/aromatic N) is 1. The van der Waals surface area contributed by atoms with E-state index in [2.05, 4.69) is 11.4 Å². The van der Waals surface area contributed by atoms with Crippen LogP contribution in [-0.2, 0) is 11.3 Å². The van der Waals surface area contributed by atoms with Crippen LogP contribution in [0.4, 0.5) is 0 Å². The Morgan fingerprint density at radius 1 is 1.32 bits per heavy atom. The molecule has 2 heterocycles. The molecule has 0 aliphatic heterocycles. The summed E-state index contributed by atoms with van der Waals surface area (Å²) in [6.07, 6.45) is 3.80. The van der Waals surface area contributed by atoms with Crippen LogP contribution in [0.2, 0.25) is 0 Å². The minimum atomic E-state index is -0.385. The van der Waals surface area contributed by atoms with Gasteiger partial charge < -0.3 is 14.2 Å². The molecule has 2 aromatic rings. The van der Waals surface area contributed by atoms with E-state index < -0.39 is 0 Å². The van der Waals surface area contributed by atoms with E-state index in [-0.39, 0.29) is 18.2 Å². The molecule has 1 atom stereocenters. The minimum absolute atomic E-state index is 0.108. The maximum absolute atomic E-state index is 11.6. The zero-order valence-electron chi connectivity index (χ0n) is 10.3. The van der Waals surface area contributed by atoms with Crippen LogP contribution in [0.25, 0.3) is 0 Å². The third-order valence-electron chi connectivity index (χ3n) is 2.74. The van der Waals surface area contributed by atoms with Crippen molar-refractivity contribution in [2.24, 2.45) is 0 Å². The van der Waals surface area contributed by atoms with Crippen molar-refractivity contribution in [2.75, 3.05) is 0 Å². The van der Waals surface area contributed by atoms with Crippen LogP contribution in [0.15, 0.2) is 45.6 Å². The van der Waals surface area contributed by atoms with Crippen LogP contribution in [0, 0.1) is 11.3 Å². The molecule has 1 N–H and O–H groups in total. The molecule has 5 heteroatoms. The number of furan rings is 2. The maximum atomic E-state index is 11.6. The molecule has 2 rings (SSSR count). The average molecular weight is 258 g/mol. The van der Waals surface area contributed by atoms with Crippen LogP contribution in [0.3, 0.4) is 0 Å². The predicted octanol–water partition coefficient (Wildman–Crippen LogP) is 2.58. The summed E-state index contributed by atoms with van der Waals surface area (Å²) >= 11 is 0. The van der Waals surface area contributed by atoms with Gasteiger partial charge in [0.2, 0.25) is 5.91 Å². The van der Waals surface area contributed by atoms with Crippen LogP contribution in [-0.4, -0.2) is 5.91 Å². The quantitative estimate of drug-likeness (QED) is 0.863. The average Bonchev–Trinajstić information content (AvgIpc) is 3.10. The second-order valence-electron chi connectivity index (χ2n) is 4.09. The predicted molar refractivity (Wildman–Crippen MR) is 66.9 cm³/mol. The van der Waals surface area contributed by atoms with Crippen LogP contribution >= 0.6 is 0 Å². The molecule has 1 amide bonds. The molecule has 0 radical (unpaired) electrons. The molecular formula is C14H14N2O3. The Bertz CT molecular complexity index is 538. The molecule has 0 bridgehead atoms. The van der Waals surface area contributed by atoms with Crippen molar-refractivity contribution in [3.63, 3.8) is 0 Å². The Balaban J connectivity index is 1.75. The summed E-state index contributed by atoms with van der Waals surface area (Å²) in [4.78, 5) is 11.6. The topological polar surface area (TPSA) is 79.2 Å². The highest BCUT2D eigenvalue weighted by Gasteiger charge is 2.15. The van der Waals surface area contributed by atoms with Crippen molar-refractivity contribution in [1.29, 1.82) is 5.26 Å². The highest BCUT2D eigenvalue weighted by Crippen LogP contribution is 2.20. The zero-order valence-corrected chi connectivity index (χ0v) is 10.3. The summed E-state index contributed by atoms with van der Waals surface area (Å²) in [5.74, 6) is 0.810. The van der Waals surface area contributed by atoms with E-state index >= 15 is 0 Å². The van der Waals surface area contributed by atoms with Gasteiger partial charge in [-0.3, -0.25) is 4.79 Å². The second-order valence-corrected chi connectivity index (χ2v) is 4.09. The summed E-state index contributed by atoms with van der Waals surface area (Å²) in [7, 11) is 0. The van der Waals surface area contributed by atoms with E-state index in [0.29, 0.717) is 24.5 Å². The lowest BCUT2D eigenvalue weighted by Crippen LogP contribution is -2.22. The van der Waals surface area contributed by atoms with Crippen LogP contribution < -0.4 is 5.32 Å². The van der Waals surface area contributed by atoms with E-state index in [1.54, 1.807) is 30.5 Å². The Morgan fingerprint density at radius 2 is 2.11 bits per heavy atom. The van der Waals surface area contributed by atoms with Crippen molar-refractivity contribution >= 4 is 5.91 Å². The highest BCUT2D eigenvalue weighted by molar-refractivity contribution is 5.75. The number of hydrogen-bond acceptors (Lipinski definition) is 4. The number of hydrogen-bond donors (Lipinski definition) is 1. The fraction of sp³-hybridized carbons (Fsp3) is 0.286. The number of nitrogens with one attached hydrogen (secondary N) is 1. The normalized spacial score (nSPS) is 11.7. The summed E-state index contributed by atoms with van der Waals surface area (Å²) in [6.45, 7) is 0.365. The monoisotopic (exact) mass is 258 g/mol. The van der Waals surface area contributed by atoms with E-state index in [1.807, 2.05) is 0 Å². The highest BCUT2D eigenvalue weighted by atomic mass is 16.3. The standard InChI is InChI=1S/C14H14N2O3/c15-9-11(13-4-2-8-19-13)5-6-14(17)16-10-12-3-1-7-18-12/h1-4,7-8,11H,5-6,10H2,(H,16,17). The van der Waals surface area contributed by atoms with Gasteiger partial charge in [-0.1, -0.05) is 0 Å². The number of carbonyl (C=O) groups excluding carboxylic acids is 1. The molecule has 5 nitrogen and oxygen atoms in total. The van der Waals surface area contributed by atoms with E-state index in [1.165, 1.54) is 6.26 Å². The molecule has 98 valence electrons. The SMILES string of the molecule is N#CC(CCC(=O)NCc1ccco1)c1ccco1. The van der Waals surface area contributed by atoms with Crippen molar-refractivity contribution < 1.29 is 13.6 Å². The Morgan fingerprint density at radius 3 is 2.74 bits per heavy atom. The van der Waals surface area contributed by atoms with Crippen molar-refractivity contribution in [1.82, 2.24) is 5.32 Å². The Hall–Kier alpha value is -2.48. The molecule has 0 spiro atoms. The lowest BCUT2D eigenvalue weighted by atomic mass is 10.0. The van der Waals surface area contributed by atoms with Crippen LogP contribution in [0.5, 0.6) is 0 Å². The van der Waals surface area contributed by atoms with Crippen molar-refractivity contribution in [3.8, 4) is 6.07 Å². The maximum Gasteiger partial charge on any atom is 0.220 e. The lowest BCUT2D eigenvalue weighted by Gasteiger charge is -2.06. The van der Waals surface area contributed by atoms with Gasteiger partial charge in [0.15, 0.2) is 0 Å². The van der Waals surface area contributed by atoms with Gasteiger partial charge in [-0.15, -0.1) is 0 Å². The van der Waals surface area contributed by atoms with Crippen LogP contribution in [0.1, 0.15) is 30.3 Å². The largest absolute Gasteiger partial charge is 0.468 e. The lowest BCUT2D eigenvalue weighted by molar-refractivity contribution is -0.121. The molecule has 0 aromatic carbocycles. The van der Waals surface area contributed by atoms with Gasteiger partial charge in [0.25, 0.3) is 0 Å². The van der Waals surface area contributed by atoms with Crippen molar-refractivity contribution in [3.05, 3.63) is 48.3 Å². The van der Waals surface area contributed by atoms with Gasteiger partial charge in [-0.05, 0) is 30.7 Å². The van der Waals surface area contributed by atoms with Crippen molar-refractivity contribution in [2.45, 2.75) is 25.3 Å². The van der Waals surface area contributed by atoms with Gasteiger partial charge in [0, 0.05) is 6.42 Å². The summed E-state index contributed by atoms with van der Waals surface area (Å²) in [6, 6.07) is 9.18. The fourth-order valence-electron chi connectivity index (χ4n) is 1.72. The zero-order chi connectivity index (χ0) is 13.5. The second kappa shape index (κ2) is 6.45. The summed E-state index contributed by atoms with van der Waals surface area (Å²) < 4.78 is 10.3. The van der Waals surface area contributed by atoms with Gasteiger partial charge in [-0.25, -0.2) is 0 Å². The number of rotatable bonds is 6. The molecule has 0 saturated heterocycles. The number of carbonyl (C=O) groups is 1.